The van der Waals surface area contributed by atoms with Gasteiger partial charge < -0.3 is 10.0 Å². The van der Waals surface area contributed by atoms with Gasteiger partial charge in [-0.2, -0.15) is 0 Å². The van der Waals surface area contributed by atoms with E-state index in [2.05, 4.69) is 6.92 Å². The monoisotopic (exact) mass is 277 g/mol. The first-order valence-electron chi connectivity index (χ1n) is 7.00. The normalized spacial score (nSPS) is 13.6. The molecule has 0 aromatic heterocycles. The number of para-hydroxylation sites is 1. The third-order valence-electron chi connectivity index (χ3n) is 3.78. The minimum absolute atomic E-state index is 0.246. The Hall–Kier alpha value is -1.84. The van der Waals surface area contributed by atoms with Gasteiger partial charge in [0.15, 0.2) is 11.3 Å². The number of rotatable bonds is 8. The summed E-state index contributed by atoms with van der Waals surface area (Å²) in [6, 6.07) is 9.13. The van der Waals surface area contributed by atoms with Gasteiger partial charge in [-0.15, -0.1) is 0 Å². The highest BCUT2D eigenvalue weighted by Crippen LogP contribution is 2.25. The Morgan fingerprint density at radius 2 is 1.80 bits per heavy atom. The molecule has 20 heavy (non-hydrogen) atoms. The molecule has 1 N–H and O–H groups in total. The molecule has 0 saturated carbocycles. The second-order valence-electron chi connectivity index (χ2n) is 5.15. The number of carbonyl (C=O) groups is 2. The van der Waals surface area contributed by atoms with Crippen molar-refractivity contribution in [2.75, 3.05) is 11.9 Å². The van der Waals surface area contributed by atoms with Crippen molar-refractivity contribution in [3.63, 3.8) is 0 Å². The number of carbonyl (C=O) groups excluding carboxylic acids is 1. The SMILES string of the molecule is CCCCCC(=O)[C@](C)(C(=O)O)N(C)c1ccccc1. The molecule has 0 aliphatic carbocycles. The molecular weight excluding hydrogens is 254 g/mol. The van der Waals surface area contributed by atoms with Gasteiger partial charge in [-0.1, -0.05) is 38.0 Å². The van der Waals surface area contributed by atoms with Gasteiger partial charge >= 0.3 is 5.97 Å². The van der Waals surface area contributed by atoms with Gasteiger partial charge in [0.1, 0.15) is 0 Å². The van der Waals surface area contributed by atoms with E-state index in [1.807, 2.05) is 18.2 Å². The molecule has 1 aromatic rings. The molecule has 0 bridgehead atoms. The molecule has 4 nitrogen and oxygen atoms in total. The zero-order valence-corrected chi connectivity index (χ0v) is 12.4. The number of benzene rings is 1. The van der Waals surface area contributed by atoms with Gasteiger partial charge in [0.2, 0.25) is 0 Å². The second-order valence-corrected chi connectivity index (χ2v) is 5.15. The molecule has 0 aliphatic rings. The number of anilines is 1. The Bertz CT molecular complexity index is 458. The number of carboxylic acid groups (broad SMARTS) is 1. The average molecular weight is 277 g/mol. The van der Waals surface area contributed by atoms with E-state index in [1.165, 1.54) is 6.92 Å². The zero-order valence-electron chi connectivity index (χ0n) is 12.4. The molecule has 1 aromatic carbocycles. The van der Waals surface area contributed by atoms with Crippen LogP contribution in [0.25, 0.3) is 0 Å². The summed E-state index contributed by atoms with van der Waals surface area (Å²) in [6.45, 7) is 3.54. The lowest BCUT2D eigenvalue weighted by Crippen LogP contribution is -2.56. The summed E-state index contributed by atoms with van der Waals surface area (Å²) in [5, 5.41) is 9.53. The molecule has 0 spiro atoms. The van der Waals surface area contributed by atoms with Crippen molar-refractivity contribution in [1.82, 2.24) is 0 Å². The van der Waals surface area contributed by atoms with Crippen LogP contribution < -0.4 is 4.90 Å². The largest absolute Gasteiger partial charge is 0.479 e. The van der Waals surface area contributed by atoms with Crippen LogP contribution in [0.3, 0.4) is 0 Å². The number of hydrogen-bond acceptors (Lipinski definition) is 3. The number of aliphatic carboxylic acids is 1. The van der Waals surface area contributed by atoms with Crippen LogP contribution in [0, 0.1) is 0 Å². The molecule has 1 atom stereocenters. The van der Waals surface area contributed by atoms with Gasteiger partial charge in [-0.3, -0.25) is 4.79 Å². The van der Waals surface area contributed by atoms with E-state index >= 15 is 0 Å². The molecule has 0 aliphatic heterocycles. The summed E-state index contributed by atoms with van der Waals surface area (Å²) >= 11 is 0. The molecule has 0 fully saturated rings. The van der Waals surface area contributed by atoms with Crippen LogP contribution in [0.15, 0.2) is 30.3 Å². The number of hydrogen-bond donors (Lipinski definition) is 1. The smallest absolute Gasteiger partial charge is 0.337 e. The highest BCUT2D eigenvalue weighted by atomic mass is 16.4. The molecule has 4 heteroatoms. The highest BCUT2D eigenvalue weighted by Gasteiger charge is 2.44. The molecule has 1 rings (SSSR count). The first kappa shape index (κ1) is 16.2. The fourth-order valence-electron chi connectivity index (χ4n) is 2.14. The van der Waals surface area contributed by atoms with E-state index < -0.39 is 11.5 Å². The minimum atomic E-state index is -1.52. The van der Waals surface area contributed by atoms with Crippen molar-refractivity contribution in [3.8, 4) is 0 Å². The topological polar surface area (TPSA) is 57.6 Å². The van der Waals surface area contributed by atoms with Gasteiger partial charge in [0, 0.05) is 19.2 Å². The van der Waals surface area contributed by atoms with Gasteiger partial charge in [-0.25, -0.2) is 4.79 Å². The number of likely N-dealkylation sites (N-methyl/N-ethyl adjacent to an activating group) is 1. The van der Waals surface area contributed by atoms with Crippen LogP contribution >= 0.6 is 0 Å². The zero-order chi connectivity index (χ0) is 15.2. The van der Waals surface area contributed by atoms with E-state index in [-0.39, 0.29) is 5.78 Å². The third-order valence-corrected chi connectivity index (χ3v) is 3.78. The van der Waals surface area contributed by atoms with E-state index in [9.17, 15) is 14.7 Å². The Morgan fingerprint density at radius 1 is 1.20 bits per heavy atom. The molecule has 0 saturated heterocycles. The number of ketones is 1. The van der Waals surface area contributed by atoms with Crippen molar-refractivity contribution in [2.45, 2.75) is 45.1 Å². The number of unbranched alkanes of at least 4 members (excludes halogenated alkanes) is 2. The van der Waals surface area contributed by atoms with Gasteiger partial charge in [-0.05, 0) is 25.5 Å². The maximum absolute atomic E-state index is 12.4. The van der Waals surface area contributed by atoms with Crippen molar-refractivity contribution >= 4 is 17.4 Å². The summed E-state index contributed by atoms with van der Waals surface area (Å²) in [6.07, 6.45) is 2.98. The van der Waals surface area contributed by atoms with E-state index in [1.54, 1.807) is 24.1 Å². The Morgan fingerprint density at radius 3 is 2.30 bits per heavy atom. The van der Waals surface area contributed by atoms with Gasteiger partial charge in [0.05, 0.1) is 0 Å². The maximum atomic E-state index is 12.4. The molecule has 0 radical (unpaired) electrons. The van der Waals surface area contributed by atoms with E-state index in [4.69, 9.17) is 0 Å². The summed E-state index contributed by atoms with van der Waals surface area (Å²) in [5.74, 6) is -1.35. The Labute approximate surface area is 120 Å². The summed E-state index contributed by atoms with van der Waals surface area (Å²) in [4.78, 5) is 25.6. The lowest BCUT2D eigenvalue weighted by molar-refractivity contribution is -0.147. The van der Waals surface area contributed by atoms with Crippen molar-refractivity contribution in [2.24, 2.45) is 0 Å². The molecule has 0 amide bonds. The second kappa shape index (κ2) is 7.08. The van der Waals surface area contributed by atoms with Crippen LogP contribution in [0.4, 0.5) is 5.69 Å². The number of nitrogens with zero attached hydrogens (tertiary/aromatic N) is 1. The fraction of sp³-hybridized carbons (Fsp3) is 0.500. The molecule has 0 unspecified atom stereocenters. The highest BCUT2D eigenvalue weighted by molar-refractivity contribution is 6.10. The van der Waals surface area contributed by atoms with Crippen LogP contribution in [0.1, 0.15) is 39.5 Å². The predicted molar refractivity (Wildman–Crippen MR) is 80.0 cm³/mol. The van der Waals surface area contributed by atoms with Crippen molar-refractivity contribution in [3.05, 3.63) is 30.3 Å². The average Bonchev–Trinajstić information content (AvgIpc) is 2.46. The predicted octanol–water partition coefficient (Wildman–Crippen LogP) is 3.12. The minimum Gasteiger partial charge on any atom is -0.479 e. The number of carboxylic acids is 1. The Balaban J connectivity index is 2.97. The van der Waals surface area contributed by atoms with Crippen LogP contribution in [0.5, 0.6) is 0 Å². The maximum Gasteiger partial charge on any atom is 0.337 e. The summed E-state index contributed by atoms with van der Waals surface area (Å²) in [5.41, 5.74) is -0.795. The van der Waals surface area contributed by atoms with Crippen molar-refractivity contribution in [1.29, 1.82) is 0 Å². The van der Waals surface area contributed by atoms with Crippen molar-refractivity contribution < 1.29 is 14.7 Å². The van der Waals surface area contributed by atoms with E-state index in [0.717, 1.165) is 24.9 Å². The standard InChI is InChI=1S/C16H23NO3/c1-4-5-7-12-14(18)16(2,15(19)20)17(3)13-10-8-6-9-11-13/h6,8-11H,4-5,7,12H2,1-3H3,(H,19,20)/t16-/m1/s1. The van der Waals surface area contributed by atoms with E-state index in [0.29, 0.717) is 6.42 Å². The lowest BCUT2D eigenvalue weighted by Gasteiger charge is -2.35. The van der Waals surface area contributed by atoms with Crippen LogP contribution in [-0.2, 0) is 9.59 Å². The first-order valence-corrected chi connectivity index (χ1v) is 7.00. The lowest BCUT2D eigenvalue weighted by atomic mass is 9.90. The first-order chi connectivity index (χ1) is 9.44. The quantitative estimate of drug-likeness (QED) is 0.586. The Kier molecular flexibility index (Phi) is 5.74. The fourth-order valence-corrected chi connectivity index (χ4v) is 2.14. The molecule has 110 valence electrons. The molecule has 0 heterocycles. The van der Waals surface area contributed by atoms with Crippen LogP contribution in [0.2, 0.25) is 0 Å². The van der Waals surface area contributed by atoms with Gasteiger partial charge in [0.25, 0.3) is 0 Å². The number of Topliss-reactive ketones (excluding diaryl/α,β-unsaturated/α-hetero) is 1. The summed E-state index contributed by atoms with van der Waals surface area (Å²) < 4.78 is 0. The third kappa shape index (κ3) is 3.38. The molecular formula is C16H23NO3. The summed E-state index contributed by atoms with van der Waals surface area (Å²) in [7, 11) is 1.65. The van der Waals surface area contributed by atoms with Crippen LogP contribution in [-0.4, -0.2) is 29.4 Å².